The zero-order chi connectivity index (χ0) is 13.9. The normalized spacial score (nSPS) is 9.83. The lowest BCUT2D eigenvalue weighted by Crippen LogP contribution is -2.33. The van der Waals surface area contributed by atoms with Crippen LogP contribution in [-0.2, 0) is 9.59 Å². The molecule has 0 bridgehead atoms. The van der Waals surface area contributed by atoms with Crippen LogP contribution in [0, 0.1) is 0 Å². The quantitative estimate of drug-likeness (QED) is 0.846. The number of anilines is 1. The number of halogens is 1. The predicted octanol–water partition coefficient (Wildman–Crippen LogP) is 2.26. The Balaban J connectivity index is 3.44. The third kappa shape index (κ3) is 2.73. The zero-order valence-corrected chi connectivity index (χ0v) is 11.4. The monoisotopic (exact) mass is 271 g/mol. The largest absolute Gasteiger partial charge is 0.495 e. The van der Waals surface area contributed by atoms with E-state index in [0.29, 0.717) is 22.2 Å². The first-order chi connectivity index (χ1) is 8.42. The number of benzene rings is 1. The highest BCUT2D eigenvalue weighted by Gasteiger charge is 2.22. The molecular formula is C12H14ClNO4. The number of carbonyl (C=O) groups excluding carboxylic acids is 2. The molecule has 0 spiro atoms. The molecule has 6 heteroatoms. The highest BCUT2D eigenvalue weighted by molar-refractivity contribution is 6.32. The van der Waals surface area contributed by atoms with E-state index >= 15 is 0 Å². The van der Waals surface area contributed by atoms with Crippen molar-refractivity contribution >= 4 is 29.1 Å². The molecule has 0 saturated carbocycles. The topological polar surface area (TPSA) is 55.8 Å². The summed E-state index contributed by atoms with van der Waals surface area (Å²) in [6, 6.07) is 2.98. The molecule has 0 heterocycles. The summed E-state index contributed by atoms with van der Waals surface area (Å²) < 4.78 is 10.2. The highest BCUT2D eigenvalue weighted by atomic mass is 35.5. The smallest absolute Gasteiger partial charge is 0.230 e. The molecule has 1 aromatic rings. The molecule has 0 fully saturated rings. The van der Waals surface area contributed by atoms with Crippen molar-refractivity contribution in [2.24, 2.45) is 0 Å². The first-order valence-electron chi connectivity index (χ1n) is 5.15. The number of imide groups is 1. The summed E-state index contributed by atoms with van der Waals surface area (Å²) in [5, 5.41) is 0.338. The molecule has 98 valence electrons. The zero-order valence-electron chi connectivity index (χ0n) is 10.6. The average molecular weight is 272 g/mol. The lowest BCUT2D eigenvalue weighted by atomic mass is 10.2. The number of amides is 2. The van der Waals surface area contributed by atoms with Crippen LogP contribution in [0.1, 0.15) is 13.8 Å². The van der Waals surface area contributed by atoms with Crippen molar-refractivity contribution in [1.29, 1.82) is 0 Å². The van der Waals surface area contributed by atoms with E-state index in [9.17, 15) is 9.59 Å². The van der Waals surface area contributed by atoms with Gasteiger partial charge >= 0.3 is 0 Å². The fraction of sp³-hybridized carbons (Fsp3) is 0.333. The van der Waals surface area contributed by atoms with Crippen LogP contribution < -0.4 is 14.4 Å². The minimum atomic E-state index is -0.412. The van der Waals surface area contributed by atoms with E-state index in [4.69, 9.17) is 21.1 Å². The molecule has 0 atom stereocenters. The molecule has 0 aliphatic heterocycles. The van der Waals surface area contributed by atoms with Crippen molar-refractivity contribution in [2.75, 3.05) is 19.1 Å². The van der Waals surface area contributed by atoms with E-state index in [1.807, 2.05) is 0 Å². The van der Waals surface area contributed by atoms with Crippen molar-refractivity contribution in [3.63, 3.8) is 0 Å². The molecule has 18 heavy (non-hydrogen) atoms. The molecule has 1 rings (SSSR count). The first-order valence-corrected chi connectivity index (χ1v) is 5.53. The summed E-state index contributed by atoms with van der Waals surface area (Å²) in [7, 11) is 2.88. The Bertz CT molecular complexity index is 473. The van der Waals surface area contributed by atoms with Gasteiger partial charge in [0.2, 0.25) is 11.8 Å². The van der Waals surface area contributed by atoms with Crippen LogP contribution in [0.4, 0.5) is 5.69 Å². The number of methoxy groups -OCH3 is 2. The summed E-state index contributed by atoms with van der Waals surface area (Å²) in [6.45, 7) is 2.59. The SMILES string of the molecule is COc1cc(N(C(C)=O)C(C)=O)c(OC)cc1Cl. The van der Waals surface area contributed by atoms with Crippen LogP contribution in [0.5, 0.6) is 11.5 Å². The van der Waals surface area contributed by atoms with Gasteiger partial charge in [-0.15, -0.1) is 0 Å². The average Bonchev–Trinajstić information content (AvgIpc) is 2.29. The van der Waals surface area contributed by atoms with Crippen LogP contribution in [0.15, 0.2) is 12.1 Å². The molecule has 1 aromatic carbocycles. The molecule has 0 aromatic heterocycles. The fourth-order valence-electron chi connectivity index (χ4n) is 1.58. The molecule has 0 radical (unpaired) electrons. The Morgan fingerprint density at radius 1 is 1.06 bits per heavy atom. The van der Waals surface area contributed by atoms with Gasteiger partial charge in [-0.1, -0.05) is 11.6 Å². The van der Waals surface area contributed by atoms with Gasteiger partial charge in [0.25, 0.3) is 0 Å². The first kappa shape index (κ1) is 14.3. The summed E-state index contributed by atoms with van der Waals surface area (Å²) in [5.74, 6) is -0.137. The molecular weight excluding hydrogens is 258 g/mol. The van der Waals surface area contributed by atoms with Gasteiger partial charge in [-0.25, -0.2) is 4.90 Å². The van der Waals surface area contributed by atoms with Gasteiger partial charge in [-0.2, -0.15) is 0 Å². The predicted molar refractivity (Wildman–Crippen MR) is 68.4 cm³/mol. The lowest BCUT2D eigenvalue weighted by molar-refractivity contribution is -0.124. The van der Waals surface area contributed by atoms with Crippen molar-refractivity contribution in [1.82, 2.24) is 0 Å². The Labute approximate surface area is 110 Å². The summed E-state index contributed by atoms with van der Waals surface area (Å²) in [4.78, 5) is 24.0. The van der Waals surface area contributed by atoms with Crippen molar-refractivity contribution in [3.05, 3.63) is 17.2 Å². The van der Waals surface area contributed by atoms with E-state index in [1.165, 1.54) is 40.2 Å². The summed E-state index contributed by atoms with van der Waals surface area (Å²) >= 11 is 5.95. The molecule has 0 unspecified atom stereocenters. The third-order valence-corrected chi connectivity index (χ3v) is 2.62. The van der Waals surface area contributed by atoms with Crippen LogP contribution in [-0.4, -0.2) is 26.0 Å². The maximum absolute atomic E-state index is 11.5. The van der Waals surface area contributed by atoms with E-state index in [-0.39, 0.29) is 0 Å². The van der Waals surface area contributed by atoms with E-state index in [1.54, 1.807) is 0 Å². The van der Waals surface area contributed by atoms with Crippen LogP contribution in [0.25, 0.3) is 0 Å². The standard InChI is InChI=1S/C12H14ClNO4/c1-7(15)14(8(2)16)10-6-11(17-3)9(13)5-12(10)18-4/h5-6H,1-4H3. The maximum Gasteiger partial charge on any atom is 0.230 e. The lowest BCUT2D eigenvalue weighted by Gasteiger charge is -2.21. The van der Waals surface area contributed by atoms with Gasteiger partial charge in [0.1, 0.15) is 11.5 Å². The van der Waals surface area contributed by atoms with E-state index < -0.39 is 11.8 Å². The number of rotatable bonds is 3. The molecule has 0 aliphatic rings. The third-order valence-electron chi connectivity index (χ3n) is 2.32. The second-order valence-corrected chi connectivity index (χ2v) is 3.94. The number of carbonyl (C=O) groups is 2. The number of ether oxygens (including phenoxy) is 2. The summed E-state index contributed by atoms with van der Waals surface area (Å²) in [5.41, 5.74) is 0.304. The molecule has 0 saturated heterocycles. The highest BCUT2D eigenvalue weighted by Crippen LogP contribution is 2.38. The second kappa shape index (κ2) is 5.73. The Hall–Kier alpha value is -1.75. The van der Waals surface area contributed by atoms with E-state index in [0.717, 1.165) is 4.90 Å². The molecule has 0 N–H and O–H groups in total. The van der Waals surface area contributed by atoms with E-state index in [2.05, 4.69) is 0 Å². The molecule has 0 aliphatic carbocycles. The van der Waals surface area contributed by atoms with Gasteiger partial charge in [0.15, 0.2) is 0 Å². The van der Waals surface area contributed by atoms with Crippen molar-refractivity contribution in [2.45, 2.75) is 13.8 Å². The minimum absolute atomic E-state index is 0.304. The molecule has 2 amide bonds. The Kier molecular flexibility index (Phi) is 4.55. The summed E-state index contributed by atoms with van der Waals surface area (Å²) in [6.07, 6.45) is 0. The van der Waals surface area contributed by atoms with Gasteiger partial charge in [0, 0.05) is 26.0 Å². The fourth-order valence-corrected chi connectivity index (χ4v) is 1.81. The van der Waals surface area contributed by atoms with Gasteiger partial charge < -0.3 is 9.47 Å². The maximum atomic E-state index is 11.5. The number of hydrogen-bond acceptors (Lipinski definition) is 4. The van der Waals surface area contributed by atoms with Gasteiger partial charge in [0.05, 0.1) is 24.9 Å². The minimum Gasteiger partial charge on any atom is -0.495 e. The van der Waals surface area contributed by atoms with Crippen molar-refractivity contribution < 1.29 is 19.1 Å². The second-order valence-electron chi connectivity index (χ2n) is 3.53. The van der Waals surface area contributed by atoms with Crippen LogP contribution in [0.2, 0.25) is 5.02 Å². The Morgan fingerprint density at radius 3 is 1.94 bits per heavy atom. The van der Waals surface area contributed by atoms with Crippen LogP contribution in [0.3, 0.4) is 0 Å². The number of hydrogen-bond donors (Lipinski definition) is 0. The molecule has 5 nitrogen and oxygen atoms in total. The van der Waals surface area contributed by atoms with Gasteiger partial charge in [-0.3, -0.25) is 9.59 Å². The van der Waals surface area contributed by atoms with Crippen LogP contribution >= 0.6 is 11.6 Å². The van der Waals surface area contributed by atoms with Gasteiger partial charge in [-0.05, 0) is 0 Å². The number of nitrogens with zero attached hydrogens (tertiary/aromatic N) is 1. The van der Waals surface area contributed by atoms with Crippen molar-refractivity contribution in [3.8, 4) is 11.5 Å². The Morgan fingerprint density at radius 2 is 1.56 bits per heavy atom.